The van der Waals surface area contributed by atoms with Gasteiger partial charge in [-0.1, -0.05) is 37.3 Å². The van der Waals surface area contributed by atoms with Crippen molar-refractivity contribution in [2.75, 3.05) is 19.8 Å². The maximum Gasteiger partial charge on any atom is 0.230 e. The van der Waals surface area contributed by atoms with E-state index in [0.717, 1.165) is 18.5 Å². The van der Waals surface area contributed by atoms with E-state index in [0.29, 0.717) is 38.0 Å². The molecule has 3 rings (SSSR count). The minimum Gasteiger partial charge on any atom is -0.424 e. The molecule has 2 unspecified atom stereocenters. The van der Waals surface area contributed by atoms with Gasteiger partial charge in [0.1, 0.15) is 0 Å². The number of morpholine rings is 1. The molecule has 1 aromatic carbocycles. The molecule has 23 heavy (non-hydrogen) atoms. The standard InChI is InChI=1S/C17H23N3O3/c1-2-16-18-19-17(23-16)11-20-8-9-22-12-14(20)10-15(21)13-6-4-3-5-7-13/h3-7,14-15,21H,2,8-12H2,1H3. The van der Waals surface area contributed by atoms with Crippen molar-refractivity contribution < 1.29 is 14.3 Å². The van der Waals surface area contributed by atoms with Crippen LogP contribution in [0.1, 0.15) is 36.8 Å². The Bertz CT molecular complexity index is 602. The van der Waals surface area contributed by atoms with E-state index < -0.39 is 6.10 Å². The van der Waals surface area contributed by atoms with Gasteiger partial charge in [-0.2, -0.15) is 0 Å². The zero-order valence-electron chi connectivity index (χ0n) is 13.4. The van der Waals surface area contributed by atoms with Crippen molar-refractivity contribution in [3.8, 4) is 0 Å². The highest BCUT2D eigenvalue weighted by molar-refractivity contribution is 5.17. The highest BCUT2D eigenvalue weighted by Gasteiger charge is 2.27. The van der Waals surface area contributed by atoms with Gasteiger partial charge in [0.25, 0.3) is 0 Å². The van der Waals surface area contributed by atoms with Crippen LogP contribution in [0.2, 0.25) is 0 Å². The van der Waals surface area contributed by atoms with E-state index in [-0.39, 0.29) is 6.04 Å². The number of aryl methyl sites for hydroxylation is 1. The number of hydrogen-bond acceptors (Lipinski definition) is 6. The van der Waals surface area contributed by atoms with Gasteiger partial charge >= 0.3 is 0 Å². The fraction of sp³-hybridized carbons (Fsp3) is 0.529. The third kappa shape index (κ3) is 4.16. The van der Waals surface area contributed by atoms with Crippen molar-refractivity contribution in [3.05, 3.63) is 47.7 Å². The lowest BCUT2D eigenvalue weighted by Crippen LogP contribution is -2.45. The number of ether oxygens (including phenoxy) is 1. The summed E-state index contributed by atoms with van der Waals surface area (Å²) in [6, 6.07) is 9.87. The Morgan fingerprint density at radius 1 is 1.26 bits per heavy atom. The second kappa shape index (κ2) is 7.68. The highest BCUT2D eigenvalue weighted by Crippen LogP contribution is 2.23. The van der Waals surface area contributed by atoms with E-state index in [1.54, 1.807) is 0 Å². The van der Waals surface area contributed by atoms with E-state index in [2.05, 4.69) is 15.1 Å². The monoisotopic (exact) mass is 317 g/mol. The topological polar surface area (TPSA) is 71.6 Å². The number of hydrogen-bond donors (Lipinski definition) is 1. The lowest BCUT2D eigenvalue weighted by atomic mass is 10.0. The molecule has 1 aliphatic heterocycles. The Labute approximate surface area is 136 Å². The molecule has 0 amide bonds. The smallest absolute Gasteiger partial charge is 0.230 e. The third-order valence-corrected chi connectivity index (χ3v) is 4.18. The molecule has 0 saturated carbocycles. The van der Waals surface area contributed by atoms with E-state index in [4.69, 9.17) is 9.15 Å². The van der Waals surface area contributed by atoms with Gasteiger partial charge < -0.3 is 14.3 Å². The average Bonchev–Trinajstić information content (AvgIpc) is 3.05. The highest BCUT2D eigenvalue weighted by atomic mass is 16.5. The number of benzene rings is 1. The largest absolute Gasteiger partial charge is 0.424 e. The first kappa shape index (κ1) is 16.1. The Morgan fingerprint density at radius 2 is 2.04 bits per heavy atom. The maximum atomic E-state index is 10.5. The van der Waals surface area contributed by atoms with Crippen molar-refractivity contribution in [1.82, 2.24) is 15.1 Å². The molecule has 0 aliphatic carbocycles. The van der Waals surface area contributed by atoms with Gasteiger partial charge in [-0.25, -0.2) is 0 Å². The lowest BCUT2D eigenvalue weighted by Gasteiger charge is -2.35. The molecule has 2 aromatic rings. The predicted molar refractivity (Wildman–Crippen MR) is 84.7 cm³/mol. The summed E-state index contributed by atoms with van der Waals surface area (Å²) in [6.07, 6.45) is 0.865. The summed E-state index contributed by atoms with van der Waals surface area (Å²) in [7, 11) is 0. The zero-order valence-corrected chi connectivity index (χ0v) is 13.4. The van der Waals surface area contributed by atoms with Gasteiger partial charge in [0.2, 0.25) is 11.8 Å². The number of aliphatic hydroxyl groups excluding tert-OH is 1. The van der Waals surface area contributed by atoms with Crippen molar-refractivity contribution in [2.45, 2.75) is 38.5 Å². The van der Waals surface area contributed by atoms with E-state index in [1.165, 1.54) is 0 Å². The van der Waals surface area contributed by atoms with Gasteiger partial charge in [-0.05, 0) is 12.0 Å². The van der Waals surface area contributed by atoms with Crippen LogP contribution >= 0.6 is 0 Å². The van der Waals surface area contributed by atoms with Crippen LogP contribution in [-0.2, 0) is 17.7 Å². The van der Waals surface area contributed by atoms with Crippen molar-refractivity contribution in [1.29, 1.82) is 0 Å². The summed E-state index contributed by atoms with van der Waals surface area (Å²) in [5.41, 5.74) is 0.934. The lowest BCUT2D eigenvalue weighted by molar-refractivity contribution is -0.0330. The van der Waals surface area contributed by atoms with Crippen LogP contribution in [0, 0.1) is 0 Å². The molecule has 1 fully saturated rings. The van der Waals surface area contributed by atoms with E-state index >= 15 is 0 Å². The molecule has 0 radical (unpaired) electrons. The van der Waals surface area contributed by atoms with Crippen LogP contribution < -0.4 is 0 Å². The summed E-state index contributed by atoms with van der Waals surface area (Å²) < 4.78 is 11.2. The second-order valence-corrected chi connectivity index (χ2v) is 5.80. The van der Waals surface area contributed by atoms with Crippen LogP contribution in [-0.4, -0.2) is 46.0 Å². The minimum atomic E-state index is -0.501. The summed E-state index contributed by atoms with van der Waals surface area (Å²) in [5.74, 6) is 1.29. The van der Waals surface area contributed by atoms with Crippen molar-refractivity contribution in [3.63, 3.8) is 0 Å². The summed E-state index contributed by atoms with van der Waals surface area (Å²) in [6.45, 7) is 4.69. The predicted octanol–water partition coefficient (Wildman–Crippen LogP) is 1.96. The van der Waals surface area contributed by atoms with Crippen LogP contribution in [0.3, 0.4) is 0 Å². The summed E-state index contributed by atoms with van der Waals surface area (Å²) >= 11 is 0. The first-order valence-corrected chi connectivity index (χ1v) is 8.12. The molecule has 1 saturated heterocycles. The molecule has 1 aromatic heterocycles. The molecular weight excluding hydrogens is 294 g/mol. The van der Waals surface area contributed by atoms with Gasteiger partial charge in [0.15, 0.2) is 0 Å². The summed E-state index contributed by atoms with van der Waals surface area (Å²) in [4.78, 5) is 2.25. The van der Waals surface area contributed by atoms with Crippen LogP contribution in [0.15, 0.2) is 34.7 Å². The van der Waals surface area contributed by atoms with Gasteiger partial charge in [-0.3, -0.25) is 4.90 Å². The van der Waals surface area contributed by atoms with Gasteiger partial charge in [0, 0.05) is 19.0 Å². The Morgan fingerprint density at radius 3 is 2.78 bits per heavy atom. The third-order valence-electron chi connectivity index (χ3n) is 4.18. The zero-order chi connectivity index (χ0) is 16.1. The quantitative estimate of drug-likeness (QED) is 0.878. The molecule has 6 heteroatoms. The Kier molecular flexibility index (Phi) is 5.38. The number of rotatable bonds is 6. The van der Waals surface area contributed by atoms with Crippen LogP contribution in [0.4, 0.5) is 0 Å². The molecule has 1 N–H and O–H groups in total. The first-order valence-electron chi connectivity index (χ1n) is 8.12. The molecule has 1 aliphatic rings. The number of aliphatic hydroxyl groups is 1. The van der Waals surface area contributed by atoms with E-state index in [1.807, 2.05) is 37.3 Å². The SMILES string of the molecule is CCc1nnc(CN2CCOCC2CC(O)c2ccccc2)o1. The Hall–Kier alpha value is -1.76. The molecular formula is C17H23N3O3. The molecule has 2 heterocycles. The molecule has 124 valence electrons. The number of aromatic nitrogens is 2. The normalized spacial score (nSPS) is 20.5. The summed E-state index contributed by atoms with van der Waals surface area (Å²) in [5, 5.41) is 18.6. The fourth-order valence-electron chi connectivity index (χ4n) is 2.85. The molecule has 0 spiro atoms. The van der Waals surface area contributed by atoms with Gasteiger partial charge in [-0.15, -0.1) is 10.2 Å². The molecule has 0 bridgehead atoms. The Balaban J connectivity index is 1.64. The van der Waals surface area contributed by atoms with Crippen molar-refractivity contribution in [2.24, 2.45) is 0 Å². The van der Waals surface area contributed by atoms with E-state index in [9.17, 15) is 5.11 Å². The fourth-order valence-corrected chi connectivity index (χ4v) is 2.85. The maximum absolute atomic E-state index is 10.5. The minimum absolute atomic E-state index is 0.135. The molecule has 6 nitrogen and oxygen atoms in total. The second-order valence-electron chi connectivity index (χ2n) is 5.80. The first-order chi connectivity index (χ1) is 11.3. The van der Waals surface area contributed by atoms with Crippen LogP contribution in [0.5, 0.6) is 0 Å². The number of nitrogens with zero attached hydrogens (tertiary/aromatic N) is 3. The average molecular weight is 317 g/mol. The van der Waals surface area contributed by atoms with Crippen molar-refractivity contribution >= 4 is 0 Å². The van der Waals surface area contributed by atoms with Gasteiger partial charge in [0.05, 0.1) is 25.9 Å². The molecule has 2 atom stereocenters. The van der Waals surface area contributed by atoms with Crippen LogP contribution in [0.25, 0.3) is 0 Å².